The predicted molar refractivity (Wildman–Crippen MR) is 107 cm³/mol. The number of benzene rings is 1. The molecule has 1 aromatic carbocycles. The zero-order valence-corrected chi connectivity index (χ0v) is 16.8. The molecule has 0 saturated heterocycles. The third-order valence-corrected chi connectivity index (χ3v) is 6.86. The SMILES string of the molecule is CCCCC1CCC(C2C=CC(c3ccc(C(C)O)c(F)c3F)CC2)CC1. The standard InChI is InChI=1S/C24H34F2O/c1-3-4-5-17-6-8-18(9-7-17)19-10-12-20(13-11-19)22-15-14-21(16(2)27)23(25)24(22)26/h10,12,14-20,27H,3-9,11,13H2,1-2H3. The van der Waals surface area contributed by atoms with Crippen molar-refractivity contribution in [3.63, 3.8) is 0 Å². The van der Waals surface area contributed by atoms with Crippen LogP contribution >= 0.6 is 0 Å². The second-order valence-corrected chi connectivity index (χ2v) is 8.70. The van der Waals surface area contributed by atoms with Crippen LogP contribution in [0.25, 0.3) is 0 Å². The summed E-state index contributed by atoms with van der Waals surface area (Å²) < 4.78 is 28.7. The van der Waals surface area contributed by atoms with E-state index in [0.29, 0.717) is 11.5 Å². The summed E-state index contributed by atoms with van der Waals surface area (Å²) in [6.45, 7) is 3.72. The van der Waals surface area contributed by atoms with Gasteiger partial charge in [0.05, 0.1) is 6.10 Å². The highest BCUT2D eigenvalue weighted by Gasteiger charge is 2.29. The summed E-state index contributed by atoms with van der Waals surface area (Å²) in [4.78, 5) is 0. The Labute approximate surface area is 162 Å². The van der Waals surface area contributed by atoms with E-state index in [1.165, 1.54) is 57.9 Å². The maximum Gasteiger partial charge on any atom is 0.164 e. The number of aliphatic hydroxyl groups excluding tert-OH is 1. The van der Waals surface area contributed by atoms with Crippen molar-refractivity contribution in [1.82, 2.24) is 0 Å². The van der Waals surface area contributed by atoms with Crippen molar-refractivity contribution in [2.24, 2.45) is 17.8 Å². The normalized spacial score (nSPS) is 29.7. The molecule has 27 heavy (non-hydrogen) atoms. The highest BCUT2D eigenvalue weighted by atomic mass is 19.2. The van der Waals surface area contributed by atoms with Crippen LogP contribution in [0.2, 0.25) is 0 Å². The fourth-order valence-corrected chi connectivity index (χ4v) is 5.08. The van der Waals surface area contributed by atoms with Crippen molar-refractivity contribution in [2.75, 3.05) is 0 Å². The van der Waals surface area contributed by atoms with E-state index in [1.54, 1.807) is 6.07 Å². The molecule has 1 saturated carbocycles. The van der Waals surface area contributed by atoms with Gasteiger partial charge in [0.25, 0.3) is 0 Å². The van der Waals surface area contributed by atoms with Crippen LogP contribution < -0.4 is 0 Å². The van der Waals surface area contributed by atoms with Crippen LogP contribution in [0.15, 0.2) is 24.3 Å². The van der Waals surface area contributed by atoms with Crippen LogP contribution in [0.3, 0.4) is 0 Å². The molecular weight excluding hydrogens is 342 g/mol. The van der Waals surface area contributed by atoms with Gasteiger partial charge in [0.2, 0.25) is 0 Å². The second kappa shape index (κ2) is 9.32. The zero-order chi connectivity index (χ0) is 19.4. The molecule has 0 aliphatic heterocycles. The van der Waals surface area contributed by atoms with Crippen LogP contribution in [0.1, 0.15) is 94.8 Å². The highest BCUT2D eigenvalue weighted by Crippen LogP contribution is 2.42. The molecule has 1 nitrogen and oxygen atoms in total. The van der Waals surface area contributed by atoms with Crippen molar-refractivity contribution < 1.29 is 13.9 Å². The van der Waals surface area contributed by atoms with Crippen molar-refractivity contribution in [2.45, 2.75) is 83.7 Å². The molecule has 2 aliphatic rings. The Kier molecular flexibility index (Phi) is 7.08. The van der Waals surface area contributed by atoms with Crippen molar-refractivity contribution >= 4 is 0 Å². The van der Waals surface area contributed by atoms with Crippen LogP contribution in [-0.2, 0) is 0 Å². The molecule has 1 aromatic rings. The summed E-state index contributed by atoms with van der Waals surface area (Å²) in [5.41, 5.74) is 0.462. The fourth-order valence-electron chi connectivity index (χ4n) is 5.08. The number of hydrogen-bond acceptors (Lipinski definition) is 1. The van der Waals surface area contributed by atoms with Crippen molar-refractivity contribution in [3.8, 4) is 0 Å². The van der Waals surface area contributed by atoms with Gasteiger partial charge in [-0.3, -0.25) is 0 Å². The van der Waals surface area contributed by atoms with Crippen LogP contribution in [0.5, 0.6) is 0 Å². The Morgan fingerprint density at radius 2 is 1.74 bits per heavy atom. The first-order valence-electron chi connectivity index (χ1n) is 10.8. The third-order valence-electron chi connectivity index (χ3n) is 6.86. The maximum atomic E-state index is 14.5. The highest BCUT2D eigenvalue weighted by molar-refractivity contribution is 5.33. The van der Waals surface area contributed by atoms with Gasteiger partial charge < -0.3 is 5.11 Å². The Hall–Kier alpha value is -1.22. The summed E-state index contributed by atoms with van der Waals surface area (Å²) in [6.07, 6.45) is 14.7. The molecule has 0 spiro atoms. The fraction of sp³-hybridized carbons (Fsp3) is 0.667. The molecule has 0 heterocycles. The summed E-state index contributed by atoms with van der Waals surface area (Å²) in [5.74, 6) is 0.532. The largest absolute Gasteiger partial charge is 0.389 e. The molecule has 3 unspecified atom stereocenters. The van der Waals surface area contributed by atoms with Crippen molar-refractivity contribution in [3.05, 3.63) is 47.0 Å². The minimum absolute atomic E-state index is 0.0359. The first-order chi connectivity index (χ1) is 13.0. The van der Waals surface area contributed by atoms with E-state index in [-0.39, 0.29) is 11.5 Å². The predicted octanol–water partition coefficient (Wildman–Crippen LogP) is 7.06. The van der Waals surface area contributed by atoms with Crippen LogP contribution in [0, 0.1) is 29.4 Å². The Bertz CT molecular complexity index is 644. The van der Waals surface area contributed by atoms with Gasteiger partial charge in [0.15, 0.2) is 11.6 Å². The number of halogens is 2. The number of allylic oxidation sites excluding steroid dienone is 2. The molecule has 2 aliphatic carbocycles. The first kappa shape index (κ1) is 20.5. The molecule has 0 aromatic heterocycles. The first-order valence-corrected chi connectivity index (χ1v) is 10.8. The average molecular weight is 377 g/mol. The third kappa shape index (κ3) is 4.80. The van der Waals surface area contributed by atoms with E-state index in [1.807, 2.05) is 0 Å². The summed E-state index contributed by atoms with van der Waals surface area (Å²) in [6, 6.07) is 3.17. The van der Waals surface area contributed by atoms with E-state index < -0.39 is 17.7 Å². The quantitative estimate of drug-likeness (QED) is 0.527. The maximum absolute atomic E-state index is 14.5. The molecule has 3 heteroatoms. The van der Waals surface area contributed by atoms with Crippen LogP contribution in [-0.4, -0.2) is 5.11 Å². The molecule has 0 bridgehead atoms. The van der Waals surface area contributed by atoms with E-state index >= 15 is 0 Å². The lowest BCUT2D eigenvalue weighted by atomic mass is 9.70. The summed E-state index contributed by atoms with van der Waals surface area (Å²) in [7, 11) is 0. The van der Waals surface area contributed by atoms with Gasteiger partial charge in [-0.2, -0.15) is 0 Å². The smallest absolute Gasteiger partial charge is 0.164 e. The molecule has 0 radical (unpaired) electrons. The number of unbranched alkanes of at least 4 members (excludes halogenated alkanes) is 1. The molecular formula is C24H34F2O. The molecule has 0 amide bonds. The van der Waals surface area contributed by atoms with Gasteiger partial charge in [-0.25, -0.2) is 8.78 Å². The van der Waals surface area contributed by atoms with E-state index in [4.69, 9.17) is 0 Å². The number of aliphatic hydroxyl groups is 1. The topological polar surface area (TPSA) is 20.2 Å². The van der Waals surface area contributed by atoms with Crippen LogP contribution in [0.4, 0.5) is 8.78 Å². The van der Waals surface area contributed by atoms with Gasteiger partial charge in [-0.1, -0.05) is 63.3 Å². The van der Waals surface area contributed by atoms with Gasteiger partial charge in [-0.05, 0) is 55.9 Å². The van der Waals surface area contributed by atoms with Crippen molar-refractivity contribution in [1.29, 1.82) is 0 Å². The lowest BCUT2D eigenvalue weighted by Crippen LogP contribution is -2.23. The Morgan fingerprint density at radius 1 is 1.00 bits per heavy atom. The lowest BCUT2D eigenvalue weighted by molar-refractivity contribution is 0.192. The second-order valence-electron chi connectivity index (χ2n) is 8.70. The average Bonchev–Trinajstić information content (AvgIpc) is 2.69. The van der Waals surface area contributed by atoms with E-state index in [0.717, 1.165) is 24.7 Å². The molecule has 3 rings (SSSR count). The van der Waals surface area contributed by atoms with Gasteiger partial charge in [0, 0.05) is 11.5 Å². The molecule has 150 valence electrons. The minimum Gasteiger partial charge on any atom is -0.389 e. The van der Waals surface area contributed by atoms with Gasteiger partial charge in [-0.15, -0.1) is 0 Å². The zero-order valence-electron chi connectivity index (χ0n) is 16.8. The van der Waals surface area contributed by atoms with E-state index in [2.05, 4.69) is 19.1 Å². The number of rotatable bonds is 6. The minimum atomic E-state index is -0.993. The molecule has 1 fully saturated rings. The number of hydrogen-bond donors (Lipinski definition) is 1. The summed E-state index contributed by atoms with van der Waals surface area (Å²) >= 11 is 0. The molecule has 1 N–H and O–H groups in total. The lowest BCUT2D eigenvalue weighted by Gasteiger charge is -2.35. The van der Waals surface area contributed by atoms with E-state index in [9.17, 15) is 13.9 Å². The molecule has 3 atom stereocenters. The monoisotopic (exact) mass is 376 g/mol. The van der Waals surface area contributed by atoms with Gasteiger partial charge in [0.1, 0.15) is 0 Å². The Morgan fingerprint density at radius 3 is 2.33 bits per heavy atom. The Balaban J connectivity index is 1.60. The summed E-state index contributed by atoms with van der Waals surface area (Å²) in [5, 5.41) is 9.55. The van der Waals surface area contributed by atoms with Gasteiger partial charge >= 0.3 is 0 Å².